The van der Waals surface area contributed by atoms with Crippen LogP contribution in [0.5, 0.6) is 0 Å². The molecule has 0 N–H and O–H groups in total. The predicted octanol–water partition coefficient (Wildman–Crippen LogP) is 4.19. The third-order valence-electron chi connectivity index (χ3n) is 6.26. The molecule has 4 rings (SSSR count). The zero-order chi connectivity index (χ0) is 22.6. The minimum absolute atomic E-state index is 0.0369. The number of azide groups is 1. The Bertz CT molecular complexity index is 1010. The Morgan fingerprint density at radius 2 is 1.66 bits per heavy atom. The maximum Gasteiger partial charge on any atom is 0.321 e. The molecule has 2 aliphatic carbocycles. The van der Waals surface area contributed by atoms with Gasteiger partial charge in [0.15, 0.2) is 5.54 Å². The number of nitrogens with zero attached hydrogens (tertiary/aromatic N) is 3. The van der Waals surface area contributed by atoms with E-state index in [1.165, 1.54) is 0 Å². The molecule has 166 valence electrons. The molecular weight excluding hydrogens is 410 g/mol. The van der Waals surface area contributed by atoms with Gasteiger partial charge in [-0.05, 0) is 35.9 Å². The fraction of sp³-hybridized carbons (Fsp3) is 0.417. The van der Waals surface area contributed by atoms with Gasteiger partial charge in [0.25, 0.3) is 0 Å². The summed E-state index contributed by atoms with van der Waals surface area (Å²) in [7, 11) is 0. The monoisotopic (exact) mass is 435 g/mol. The summed E-state index contributed by atoms with van der Waals surface area (Å²) in [6, 6.07) is 18.8. The van der Waals surface area contributed by atoms with Crippen molar-refractivity contribution in [3.05, 3.63) is 82.2 Å². The lowest BCUT2D eigenvalue weighted by molar-refractivity contribution is -0.160. The molecule has 32 heavy (non-hydrogen) atoms. The van der Waals surface area contributed by atoms with Crippen molar-refractivity contribution in [1.29, 1.82) is 0 Å². The fourth-order valence-corrected chi connectivity index (χ4v) is 4.79. The molecular formula is C24H25N3O5. The lowest BCUT2D eigenvalue weighted by Crippen LogP contribution is -2.50. The number of hydrogen-bond donors (Lipinski definition) is 0. The SMILES string of the molecule is CCOC(=O)[C@H]1[C@@H]2C[C@@H](OCc3ccccc3)[C@@](N=[N+]=[N-])(C(=O)OCc3ccccc3)[C@@H]21. The standard InChI is InChI=1S/C24H25N3O5/c1-2-30-22(28)20-18-13-19(31-14-16-9-5-3-6-10-16)24(21(18)20,26-27-25)23(29)32-15-17-11-7-4-8-12-17/h3-12,18-21H,2,13-15H2,1H3/t18-,19+,20-,21-,24-/m0/s1. The van der Waals surface area contributed by atoms with Crippen LogP contribution in [0.25, 0.3) is 10.4 Å². The molecule has 2 aromatic rings. The summed E-state index contributed by atoms with van der Waals surface area (Å²) < 4.78 is 16.9. The van der Waals surface area contributed by atoms with Gasteiger partial charge in [-0.3, -0.25) is 9.59 Å². The summed E-state index contributed by atoms with van der Waals surface area (Å²) in [5, 5.41) is 3.95. The first-order valence-electron chi connectivity index (χ1n) is 10.7. The summed E-state index contributed by atoms with van der Waals surface area (Å²) in [6.07, 6.45) is -0.275. The van der Waals surface area contributed by atoms with E-state index in [2.05, 4.69) is 10.0 Å². The van der Waals surface area contributed by atoms with Crippen LogP contribution in [0.4, 0.5) is 0 Å². The van der Waals surface area contributed by atoms with Gasteiger partial charge in [0.1, 0.15) is 6.61 Å². The molecule has 0 aromatic heterocycles. The van der Waals surface area contributed by atoms with Gasteiger partial charge in [0.2, 0.25) is 0 Å². The molecule has 0 bridgehead atoms. The summed E-state index contributed by atoms with van der Waals surface area (Å²) in [6.45, 7) is 2.27. The molecule has 0 unspecified atom stereocenters. The molecule has 0 amide bonds. The molecule has 2 aliphatic rings. The van der Waals surface area contributed by atoms with E-state index in [0.717, 1.165) is 11.1 Å². The molecule has 0 heterocycles. The average molecular weight is 435 g/mol. The first kappa shape index (κ1) is 21.9. The highest BCUT2D eigenvalue weighted by atomic mass is 16.5. The van der Waals surface area contributed by atoms with Crippen molar-refractivity contribution >= 4 is 11.9 Å². The molecule has 2 fully saturated rings. The number of carbonyl (C=O) groups is 2. The number of fused-ring (bicyclic) bond motifs is 1. The minimum Gasteiger partial charge on any atom is -0.466 e. The van der Waals surface area contributed by atoms with Crippen LogP contribution < -0.4 is 0 Å². The molecule has 5 atom stereocenters. The Balaban J connectivity index is 1.58. The van der Waals surface area contributed by atoms with Gasteiger partial charge in [-0.25, -0.2) is 0 Å². The second kappa shape index (κ2) is 9.42. The van der Waals surface area contributed by atoms with E-state index in [0.29, 0.717) is 6.42 Å². The van der Waals surface area contributed by atoms with Crippen molar-refractivity contribution in [2.45, 2.75) is 38.2 Å². The van der Waals surface area contributed by atoms with E-state index < -0.39 is 29.4 Å². The van der Waals surface area contributed by atoms with Crippen molar-refractivity contribution in [3.63, 3.8) is 0 Å². The summed E-state index contributed by atoms with van der Waals surface area (Å²) >= 11 is 0. The Morgan fingerprint density at radius 1 is 1.03 bits per heavy atom. The van der Waals surface area contributed by atoms with Crippen LogP contribution in [-0.4, -0.2) is 30.2 Å². The maximum absolute atomic E-state index is 13.4. The van der Waals surface area contributed by atoms with E-state index >= 15 is 0 Å². The van der Waals surface area contributed by atoms with E-state index in [9.17, 15) is 15.1 Å². The van der Waals surface area contributed by atoms with Crippen molar-refractivity contribution in [2.75, 3.05) is 6.61 Å². The van der Waals surface area contributed by atoms with Crippen LogP contribution in [0.3, 0.4) is 0 Å². The van der Waals surface area contributed by atoms with Crippen LogP contribution >= 0.6 is 0 Å². The molecule has 0 spiro atoms. The molecule has 0 saturated heterocycles. The van der Waals surface area contributed by atoms with Gasteiger partial charge in [-0.2, -0.15) is 0 Å². The quantitative estimate of drug-likeness (QED) is 0.254. The number of esters is 2. The number of rotatable bonds is 9. The average Bonchev–Trinajstić information content (AvgIpc) is 3.45. The molecule has 8 heteroatoms. The molecule has 0 radical (unpaired) electrons. The third-order valence-corrected chi connectivity index (χ3v) is 6.26. The molecule has 8 nitrogen and oxygen atoms in total. The first-order valence-corrected chi connectivity index (χ1v) is 10.7. The number of benzene rings is 2. The zero-order valence-corrected chi connectivity index (χ0v) is 17.8. The number of ether oxygens (including phenoxy) is 3. The smallest absolute Gasteiger partial charge is 0.321 e. The Labute approximate surface area is 186 Å². The van der Waals surface area contributed by atoms with Crippen LogP contribution in [0, 0.1) is 17.8 Å². The van der Waals surface area contributed by atoms with E-state index in [-0.39, 0.29) is 31.7 Å². The van der Waals surface area contributed by atoms with Crippen LogP contribution in [-0.2, 0) is 37.0 Å². The van der Waals surface area contributed by atoms with Crippen molar-refractivity contribution in [3.8, 4) is 0 Å². The number of carbonyl (C=O) groups excluding carboxylic acids is 2. The van der Waals surface area contributed by atoms with Crippen LogP contribution in [0.1, 0.15) is 24.5 Å². The van der Waals surface area contributed by atoms with Crippen molar-refractivity contribution < 1.29 is 23.8 Å². The van der Waals surface area contributed by atoms with Crippen molar-refractivity contribution in [1.82, 2.24) is 0 Å². The summed E-state index contributed by atoms with van der Waals surface area (Å²) in [4.78, 5) is 28.8. The van der Waals surface area contributed by atoms with Crippen molar-refractivity contribution in [2.24, 2.45) is 22.9 Å². The van der Waals surface area contributed by atoms with E-state index in [1.807, 2.05) is 60.7 Å². The number of hydrogen-bond acceptors (Lipinski definition) is 6. The van der Waals surface area contributed by atoms with Crippen LogP contribution in [0.2, 0.25) is 0 Å². The summed E-state index contributed by atoms with van der Waals surface area (Å²) in [5.41, 5.74) is 9.51. The molecule has 2 saturated carbocycles. The Kier molecular flexibility index (Phi) is 6.44. The highest BCUT2D eigenvalue weighted by Crippen LogP contribution is 2.65. The second-order valence-electron chi connectivity index (χ2n) is 8.06. The van der Waals surface area contributed by atoms with Gasteiger partial charge >= 0.3 is 11.9 Å². The molecule has 0 aliphatic heterocycles. The fourth-order valence-electron chi connectivity index (χ4n) is 4.79. The minimum atomic E-state index is -1.61. The second-order valence-corrected chi connectivity index (χ2v) is 8.06. The normalized spacial score (nSPS) is 27.7. The van der Waals surface area contributed by atoms with Gasteiger partial charge in [-0.15, -0.1) is 0 Å². The van der Waals surface area contributed by atoms with Gasteiger partial charge in [-0.1, -0.05) is 65.8 Å². The lowest BCUT2D eigenvalue weighted by atomic mass is 9.88. The van der Waals surface area contributed by atoms with Gasteiger partial charge < -0.3 is 14.2 Å². The maximum atomic E-state index is 13.4. The Hall–Kier alpha value is -3.35. The van der Waals surface area contributed by atoms with E-state index in [4.69, 9.17) is 14.2 Å². The highest BCUT2D eigenvalue weighted by Gasteiger charge is 2.76. The third kappa shape index (κ3) is 4.07. The van der Waals surface area contributed by atoms with Gasteiger partial charge in [0.05, 0.1) is 25.2 Å². The highest BCUT2D eigenvalue weighted by molar-refractivity contribution is 5.88. The zero-order valence-electron chi connectivity index (χ0n) is 17.8. The predicted molar refractivity (Wildman–Crippen MR) is 115 cm³/mol. The first-order chi connectivity index (χ1) is 15.6. The Morgan fingerprint density at radius 3 is 2.25 bits per heavy atom. The largest absolute Gasteiger partial charge is 0.466 e. The van der Waals surface area contributed by atoms with E-state index in [1.54, 1.807) is 6.92 Å². The van der Waals surface area contributed by atoms with Gasteiger partial charge in [0, 0.05) is 10.8 Å². The topological polar surface area (TPSA) is 111 Å². The van der Waals surface area contributed by atoms with Crippen LogP contribution in [0.15, 0.2) is 65.8 Å². The summed E-state index contributed by atoms with van der Waals surface area (Å²) in [5.74, 6) is -2.19. The lowest BCUT2D eigenvalue weighted by Gasteiger charge is -2.32. The molecule has 2 aromatic carbocycles.